The Morgan fingerprint density at radius 3 is 2.64 bits per heavy atom. The summed E-state index contributed by atoms with van der Waals surface area (Å²) in [7, 11) is 0. The summed E-state index contributed by atoms with van der Waals surface area (Å²) in [4.78, 5) is 15.0. The maximum Gasteiger partial charge on any atom is 0.410 e. The van der Waals surface area contributed by atoms with Gasteiger partial charge in [0.1, 0.15) is 5.60 Å². The number of allylic oxidation sites excluding steroid dienone is 3. The Bertz CT molecular complexity index is 750. The number of carbonyl (C=O) groups excluding carboxylic acids is 1. The van der Waals surface area contributed by atoms with Gasteiger partial charge in [-0.05, 0) is 57.7 Å². The van der Waals surface area contributed by atoms with E-state index in [1.807, 2.05) is 48.2 Å². The highest BCUT2D eigenvalue weighted by Gasteiger charge is 2.47. The number of hydrogen-bond donors (Lipinski definition) is 1. The molecule has 0 radical (unpaired) electrons. The second kappa shape index (κ2) is 8.42. The number of aliphatic hydroxyl groups is 1. The first-order chi connectivity index (χ1) is 13.2. The van der Waals surface area contributed by atoms with Crippen LogP contribution in [0.5, 0.6) is 0 Å². The predicted octanol–water partition coefficient (Wildman–Crippen LogP) is 5.77. The third-order valence-electron chi connectivity index (χ3n) is 5.73. The van der Waals surface area contributed by atoms with Gasteiger partial charge >= 0.3 is 6.09 Å². The molecule has 1 heterocycles. The first-order valence-electron chi connectivity index (χ1n) is 10.0. The molecule has 28 heavy (non-hydrogen) atoms. The minimum Gasteiger partial charge on any atom is -0.442 e. The van der Waals surface area contributed by atoms with Crippen molar-refractivity contribution in [1.82, 2.24) is 4.90 Å². The van der Waals surface area contributed by atoms with Gasteiger partial charge in [0.05, 0.1) is 11.6 Å². The van der Waals surface area contributed by atoms with E-state index in [0.717, 1.165) is 29.3 Å². The molecular formula is C23H30BrNO3. The standard InChI is InChI=1S/C23H30BrNO3/c1-17(18-10-12-20(24)13-11-18)25-15-7-14-23(28-21(25)26,16-22(2,3)27)19-8-5-4-6-9-19/h4-6,8,10-13,17,19,27H,7,9,14-16H2,1-3H3/t17-,19?,23-/m0/s1. The average Bonchev–Trinajstić information content (AvgIpc) is 2.80. The van der Waals surface area contributed by atoms with Crippen molar-refractivity contribution in [3.63, 3.8) is 0 Å². The van der Waals surface area contributed by atoms with Crippen LogP contribution in [0.1, 0.15) is 58.1 Å². The van der Waals surface area contributed by atoms with Gasteiger partial charge in [0, 0.05) is 23.4 Å². The van der Waals surface area contributed by atoms with E-state index >= 15 is 0 Å². The van der Waals surface area contributed by atoms with Crippen LogP contribution >= 0.6 is 15.9 Å². The van der Waals surface area contributed by atoms with Crippen LogP contribution in [-0.2, 0) is 4.74 Å². The molecule has 0 bridgehead atoms. The van der Waals surface area contributed by atoms with Crippen LogP contribution in [0.25, 0.3) is 0 Å². The van der Waals surface area contributed by atoms with Crippen molar-refractivity contribution in [2.45, 2.75) is 63.7 Å². The molecule has 2 aliphatic rings. The third-order valence-corrected chi connectivity index (χ3v) is 6.26. The summed E-state index contributed by atoms with van der Waals surface area (Å²) in [5, 5.41) is 10.6. The molecule has 1 aromatic rings. The van der Waals surface area contributed by atoms with Crippen LogP contribution in [0.2, 0.25) is 0 Å². The van der Waals surface area contributed by atoms with Crippen molar-refractivity contribution in [3.8, 4) is 0 Å². The molecule has 4 nitrogen and oxygen atoms in total. The zero-order valence-electron chi connectivity index (χ0n) is 16.9. The molecule has 0 spiro atoms. The highest BCUT2D eigenvalue weighted by Crippen LogP contribution is 2.42. The number of carbonyl (C=O) groups is 1. The van der Waals surface area contributed by atoms with Crippen molar-refractivity contribution in [3.05, 3.63) is 58.6 Å². The summed E-state index contributed by atoms with van der Waals surface area (Å²) in [6.07, 6.45) is 10.8. The normalized spacial score (nSPS) is 26.7. The molecule has 1 saturated heterocycles. The Hall–Kier alpha value is -1.59. The zero-order valence-corrected chi connectivity index (χ0v) is 18.5. The maximum absolute atomic E-state index is 13.2. The van der Waals surface area contributed by atoms with Crippen LogP contribution < -0.4 is 0 Å². The molecular weight excluding hydrogens is 418 g/mol. The van der Waals surface area contributed by atoms with Gasteiger partial charge in [-0.2, -0.15) is 0 Å². The molecule has 5 heteroatoms. The van der Waals surface area contributed by atoms with Gasteiger partial charge in [-0.15, -0.1) is 0 Å². The molecule has 3 rings (SSSR count). The molecule has 1 N–H and O–H groups in total. The van der Waals surface area contributed by atoms with Crippen molar-refractivity contribution < 1.29 is 14.6 Å². The lowest BCUT2D eigenvalue weighted by molar-refractivity contribution is -0.0838. The van der Waals surface area contributed by atoms with E-state index in [9.17, 15) is 9.90 Å². The second-order valence-corrected chi connectivity index (χ2v) is 9.52. The second-order valence-electron chi connectivity index (χ2n) is 8.60. The highest BCUT2D eigenvalue weighted by atomic mass is 79.9. The van der Waals surface area contributed by atoms with Crippen molar-refractivity contribution in [1.29, 1.82) is 0 Å². The summed E-state index contributed by atoms with van der Waals surface area (Å²) in [5.41, 5.74) is -0.525. The van der Waals surface area contributed by atoms with Crippen molar-refractivity contribution >= 4 is 22.0 Å². The maximum atomic E-state index is 13.2. The summed E-state index contributed by atoms with van der Waals surface area (Å²) >= 11 is 3.46. The van der Waals surface area contributed by atoms with E-state index in [1.165, 1.54) is 0 Å². The monoisotopic (exact) mass is 447 g/mol. The van der Waals surface area contributed by atoms with Gasteiger partial charge in [-0.1, -0.05) is 52.4 Å². The van der Waals surface area contributed by atoms with Crippen LogP contribution in [0.3, 0.4) is 0 Å². The summed E-state index contributed by atoms with van der Waals surface area (Å²) in [5.74, 6) is 0.0795. The molecule has 1 aromatic carbocycles. The number of amides is 1. The lowest BCUT2D eigenvalue weighted by atomic mass is 9.73. The average molecular weight is 448 g/mol. The quantitative estimate of drug-likeness (QED) is 0.622. The van der Waals surface area contributed by atoms with Crippen LogP contribution in [0.4, 0.5) is 4.79 Å². The van der Waals surface area contributed by atoms with Gasteiger partial charge in [0.15, 0.2) is 0 Å². The first kappa shape index (κ1) is 21.1. The van der Waals surface area contributed by atoms with E-state index < -0.39 is 11.2 Å². The van der Waals surface area contributed by atoms with E-state index in [2.05, 4.69) is 28.1 Å². The topological polar surface area (TPSA) is 49.8 Å². The minimum absolute atomic E-state index is 0.0691. The molecule has 0 saturated carbocycles. The number of hydrogen-bond acceptors (Lipinski definition) is 3. The number of halogens is 1. The first-order valence-corrected chi connectivity index (χ1v) is 10.8. The fourth-order valence-electron chi connectivity index (χ4n) is 4.42. The Balaban J connectivity index is 1.85. The number of cyclic esters (lactones) is 1. The zero-order chi connectivity index (χ0) is 20.4. The van der Waals surface area contributed by atoms with Crippen molar-refractivity contribution in [2.24, 2.45) is 5.92 Å². The van der Waals surface area contributed by atoms with E-state index in [0.29, 0.717) is 13.0 Å². The van der Waals surface area contributed by atoms with Gasteiger partial charge in [0.2, 0.25) is 0 Å². The lowest BCUT2D eigenvalue weighted by Gasteiger charge is -2.42. The molecule has 0 aromatic heterocycles. The Labute approximate surface area is 176 Å². The molecule has 152 valence electrons. The van der Waals surface area contributed by atoms with Gasteiger partial charge in [-0.3, -0.25) is 0 Å². The molecule has 3 atom stereocenters. The van der Waals surface area contributed by atoms with E-state index in [-0.39, 0.29) is 18.1 Å². The molecule has 1 fully saturated rings. The summed E-state index contributed by atoms with van der Waals surface area (Å²) < 4.78 is 7.24. The molecule has 1 unspecified atom stereocenters. The smallest absolute Gasteiger partial charge is 0.410 e. The molecule has 1 aliphatic heterocycles. The lowest BCUT2D eigenvalue weighted by Crippen LogP contribution is -2.48. The Kier molecular flexibility index (Phi) is 6.35. The Morgan fingerprint density at radius 1 is 1.32 bits per heavy atom. The van der Waals surface area contributed by atoms with Gasteiger partial charge < -0.3 is 14.7 Å². The third kappa shape index (κ3) is 4.87. The Morgan fingerprint density at radius 2 is 2.04 bits per heavy atom. The summed E-state index contributed by atoms with van der Waals surface area (Å²) in [6.45, 7) is 6.27. The van der Waals surface area contributed by atoms with Crippen LogP contribution in [0, 0.1) is 5.92 Å². The number of benzene rings is 1. The molecule has 1 amide bonds. The predicted molar refractivity (Wildman–Crippen MR) is 115 cm³/mol. The van der Waals surface area contributed by atoms with E-state index in [1.54, 1.807) is 13.8 Å². The van der Waals surface area contributed by atoms with Gasteiger partial charge in [-0.25, -0.2) is 4.79 Å². The minimum atomic E-state index is -0.915. The number of nitrogens with zero attached hydrogens (tertiary/aromatic N) is 1. The molecule has 1 aliphatic carbocycles. The number of rotatable bonds is 5. The number of ether oxygens (including phenoxy) is 1. The fraction of sp³-hybridized carbons (Fsp3) is 0.522. The summed E-state index contributed by atoms with van der Waals surface area (Å²) in [6, 6.07) is 7.98. The van der Waals surface area contributed by atoms with E-state index in [4.69, 9.17) is 4.74 Å². The van der Waals surface area contributed by atoms with Crippen LogP contribution in [-0.4, -0.2) is 33.8 Å². The van der Waals surface area contributed by atoms with Crippen molar-refractivity contribution in [2.75, 3.05) is 6.54 Å². The SMILES string of the molecule is C[C@@H](c1ccc(Br)cc1)N1CCC[C@](CC(C)(C)O)(C2C=CC=CC2)OC1=O. The van der Waals surface area contributed by atoms with Gasteiger partial charge in [0.25, 0.3) is 0 Å². The fourth-order valence-corrected chi connectivity index (χ4v) is 4.68. The highest BCUT2D eigenvalue weighted by molar-refractivity contribution is 9.10. The van der Waals surface area contributed by atoms with Crippen LogP contribution in [0.15, 0.2) is 53.0 Å². The largest absolute Gasteiger partial charge is 0.442 e.